The van der Waals surface area contributed by atoms with Crippen molar-refractivity contribution in [3.63, 3.8) is 0 Å². The van der Waals surface area contributed by atoms with Gasteiger partial charge in [-0.1, -0.05) is 22.0 Å². The first-order valence-electron chi connectivity index (χ1n) is 4.01. The number of rotatable bonds is 2. The number of hydrogen-bond acceptors (Lipinski definition) is 3. The molecule has 0 saturated heterocycles. The molecule has 1 aromatic rings. The molecule has 2 atom stereocenters. The Balaban J connectivity index is 3.01. The van der Waals surface area contributed by atoms with Crippen molar-refractivity contribution in [1.82, 2.24) is 0 Å². The SMILES string of the molecule is C[C@H](O)[C@@H](N)c1ccc(Br)cc1N. The summed E-state index contributed by atoms with van der Waals surface area (Å²) < 4.78 is 0.909. The zero-order chi connectivity index (χ0) is 10.0. The van der Waals surface area contributed by atoms with Crippen LogP contribution in [0, 0.1) is 0 Å². The fourth-order valence-corrected chi connectivity index (χ4v) is 1.49. The van der Waals surface area contributed by atoms with E-state index in [1.165, 1.54) is 0 Å². The van der Waals surface area contributed by atoms with Gasteiger partial charge in [0.05, 0.1) is 12.1 Å². The van der Waals surface area contributed by atoms with Crippen LogP contribution in [-0.2, 0) is 0 Å². The molecular formula is C9H13BrN2O. The fourth-order valence-electron chi connectivity index (χ4n) is 1.11. The lowest BCUT2D eigenvalue weighted by Gasteiger charge is -2.17. The van der Waals surface area contributed by atoms with Crippen LogP contribution in [0.5, 0.6) is 0 Å². The van der Waals surface area contributed by atoms with Crippen LogP contribution in [0.25, 0.3) is 0 Å². The molecule has 0 unspecified atom stereocenters. The molecule has 5 N–H and O–H groups in total. The average molecular weight is 245 g/mol. The van der Waals surface area contributed by atoms with Crippen molar-refractivity contribution >= 4 is 21.6 Å². The van der Waals surface area contributed by atoms with Gasteiger partial charge in [0.25, 0.3) is 0 Å². The molecule has 13 heavy (non-hydrogen) atoms. The minimum atomic E-state index is -0.594. The highest BCUT2D eigenvalue weighted by atomic mass is 79.9. The molecule has 0 spiro atoms. The third-order valence-electron chi connectivity index (χ3n) is 1.93. The predicted molar refractivity (Wildman–Crippen MR) is 57.2 cm³/mol. The van der Waals surface area contributed by atoms with Gasteiger partial charge in [0.2, 0.25) is 0 Å². The maximum Gasteiger partial charge on any atom is 0.0705 e. The second-order valence-electron chi connectivity index (χ2n) is 3.04. The molecule has 0 aromatic heterocycles. The standard InChI is InChI=1S/C9H13BrN2O/c1-5(13)9(12)7-3-2-6(10)4-8(7)11/h2-5,9,13H,11-12H2,1H3/t5-,9+/m0/s1. The van der Waals surface area contributed by atoms with Gasteiger partial charge < -0.3 is 16.6 Å². The number of aliphatic hydroxyl groups excluding tert-OH is 1. The number of hydrogen-bond donors (Lipinski definition) is 3. The first-order valence-corrected chi connectivity index (χ1v) is 4.80. The van der Waals surface area contributed by atoms with Crippen LogP contribution in [0.4, 0.5) is 5.69 Å². The highest BCUT2D eigenvalue weighted by molar-refractivity contribution is 9.10. The summed E-state index contributed by atoms with van der Waals surface area (Å²) in [5.74, 6) is 0. The van der Waals surface area contributed by atoms with Crippen LogP contribution in [-0.4, -0.2) is 11.2 Å². The molecule has 0 radical (unpaired) electrons. The topological polar surface area (TPSA) is 72.3 Å². The summed E-state index contributed by atoms with van der Waals surface area (Å²) in [6, 6.07) is 5.02. The molecule has 1 aromatic carbocycles. The second-order valence-corrected chi connectivity index (χ2v) is 3.96. The summed E-state index contributed by atoms with van der Waals surface area (Å²) in [5, 5.41) is 9.28. The summed E-state index contributed by atoms with van der Waals surface area (Å²) >= 11 is 3.30. The third kappa shape index (κ3) is 2.43. The van der Waals surface area contributed by atoms with Crippen molar-refractivity contribution in [2.75, 3.05) is 5.73 Å². The Morgan fingerprint density at radius 3 is 2.54 bits per heavy atom. The lowest BCUT2D eigenvalue weighted by molar-refractivity contribution is 0.164. The number of benzene rings is 1. The molecule has 0 bridgehead atoms. The van der Waals surface area contributed by atoms with Crippen LogP contribution in [0.1, 0.15) is 18.5 Å². The monoisotopic (exact) mass is 244 g/mol. The Hall–Kier alpha value is -0.580. The summed E-state index contributed by atoms with van der Waals surface area (Å²) in [5.41, 5.74) is 12.9. The van der Waals surface area contributed by atoms with Crippen LogP contribution >= 0.6 is 15.9 Å². The molecule has 0 fully saturated rings. The molecule has 4 heteroatoms. The van der Waals surface area contributed by atoms with Crippen molar-refractivity contribution in [3.05, 3.63) is 28.2 Å². The summed E-state index contributed by atoms with van der Waals surface area (Å²) in [4.78, 5) is 0. The van der Waals surface area contributed by atoms with E-state index in [4.69, 9.17) is 11.5 Å². The van der Waals surface area contributed by atoms with E-state index in [0.717, 1.165) is 10.0 Å². The van der Waals surface area contributed by atoms with Crippen molar-refractivity contribution in [2.24, 2.45) is 5.73 Å². The van der Waals surface area contributed by atoms with Gasteiger partial charge in [-0.05, 0) is 24.6 Å². The first-order chi connectivity index (χ1) is 6.02. The average Bonchev–Trinajstić information content (AvgIpc) is 2.03. The number of nitrogen functional groups attached to an aromatic ring is 1. The quantitative estimate of drug-likeness (QED) is 0.690. The van der Waals surface area contributed by atoms with Crippen LogP contribution in [0.2, 0.25) is 0 Å². The van der Waals surface area contributed by atoms with Crippen molar-refractivity contribution in [1.29, 1.82) is 0 Å². The zero-order valence-corrected chi connectivity index (χ0v) is 8.95. The van der Waals surface area contributed by atoms with Crippen molar-refractivity contribution in [3.8, 4) is 0 Å². The number of halogens is 1. The highest BCUT2D eigenvalue weighted by Gasteiger charge is 2.14. The van der Waals surface area contributed by atoms with E-state index in [1.807, 2.05) is 12.1 Å². The minimum absolute atomic E-state index is 0.423. The van der Waals surface area contributed by atoms with E-state index < -0.39 is 12.1 Å². The van der Waals surface area contributed by atoms with Gasteiger partial charge in [-0.15, -0.1) is 0 Å². The lowest BCUT2D eigenvalue weighted by Crippen LogP contribution is -2.24. The molecule has 0 saturated carbocycles. The van der Waals surface area contributed by atoms with Gasteiger partial charge in [-0.25, -0.2) is 0 Å². The van der Waals surface area contributed by atoms with Gasteiger partial charge >= 0.3 is 0 Å². The molecule has 72 valence electrons. The summed E-state index contributed by atoms with van der Waals surface area (Å²) in [7, 11) is 0. The number of aliphatic hydroxyl groups is 1. The van der Waals surface area contributed by atoms with Crippen molar-refractivity contribution < 1.29 is 5.11 Å². The maximum absolute atomic E-state index is 9.28. The molecule has 0 aliphatic heterocycles. The molecule has 3 nitrogen and oxygen atoms in total. The maximum atomic E-state index is 9.28. The second kappa shape index (κ2) is 4.09. The van der Waals surface area contributed by atoms with E-state index in [2.05, 4.69) is 15.9 Å². The lowest BCUT2D eigenvalue weighted by atomic mass is 10.0. The Morgan fingerprint density at radius 2 is 2.08 bits per heavy atom. The Kier molecular flexibility index (Phi) is 3.30. The Labute approximate surface area is 85.9 Å². The number of nitrogens with two attached hydrogens (primary N) is 2. The van der Waals surface area contributed by atoms with Gasteiger partial charge in [-0.2, -0.15) is 0 Å². The normalized spacial score (nSPS) is 15.4. The number of anilines is 1. The smallest absolute Gasteiger partial charge is 0.0705 e. The predicted octanol–water partition coefficient (Wildman–Crippen LogP) is 1.41. The van der Waals surface area contributed by atoms with Crippen molar-refractivity contribution in [2.45, 2.75) is 19.1 Å². The first kappa shape index (κ1) is 10.5. The third-order valence-corrected chi connectivity index (χ3v) is 2.42. The van der Waals surface area contributed by atoms with Crippen LogP contribution < -0.4 is 11.5 Å². The van der Waals surface area contributed by atoms with E-state index in [0.29, 0.717) is 5.69 Å². The van der Waals surface area contributed by atoms with E-state index in [1.54, 1.807) is 13.0 Å². The molecular weight excluding hydrogens is 232 g/mol. The van der Waals surface area contributed by atoms with E-state index in [-0.39, 0.29) is 0 Å². The van der Waals surface area contributed by atoms with Gasteiger partial charge in [0.15, 0.2) is 0 Å². The van der Waals surface area contributed by atoms with E-state index in [9.17, 15) is 5.11 Å². The molecule has 0 heterocycles. The molecule has 0 amide bonds. The molecule has 0 aliphatic rings. The van der Waals surface area contributed by atoms with Crippen LogP contribution in [0.3, 0.4) is 0 Å². The molecule has 1 rings (SSSR count). The van der Waals surface area contributed by atoms with Crippen LogP contribution in [0.15, 0.2) is 22.7 Å². The zero-order valence-electron chi connectivity index (χ0n) is 7.37. The fraction of sp³-hybridized carbons (Fsp3) is 0.333. The van der Waals surface area contributed by atoms with Gasteiger partial charge in [0.1, 0.15) is 0 Å². The van der Waals surface area contributed by atoms with E-state index >= 15 is 0 Å². The van der Waals surface area contributed by atoms with Gasteiger partial charge in [0, 0.05) is 10.2 Å². The summed E-state index contributed by atoms with van der Waals surface area (Å²) in [6.07, 6.45) is -0.594. The largest absolute Gasteiger partial charge is 0.398 e. The molecule has 0 aliphatic carbocycles. The van der Waals surface area contributed by atoms with Gasteiger partial charge in [-0.3, -0.25) is 0 Å². The Morgan fingerprint density at radius 1 is 1.46 bits per heavy atom. The summed E-state index contributed by atoms with van der Waals surface area (Å²) in [6.45, 7) is 1.64. The minimum Gasteiger partial charge on any atom is -0.398 e. The highest BCUT2D eigenvalue weighted by Crippen LogP contribution is 2.24. The Bertz CT molecular complexity index is 302.